The minimum Gasteiger partial charge on any atom is -0.481 e. The topological polar surface area (TPSA) is 116 Å². The van der Waals surface area contributed by atoms with Gasteiger partial charge in [0.15, 0.2) is 0 Å². The van der Waals surface area contributed by atoms with E-state index < -0.39 is 29.4 Å². The summed E-state index contributed by atoms with van der Waals surface area (Å²) >= 11 is 0. The Morgan fingerprint density at radius 2 is 1.82 bits per heavy atom. The van der Waals surface area contributed by atoms with E-state index in [1.54, 1.807) is 0 Å². The van der Waals surface area contributed by atoms with Crippen LogP contribution in [0.25, 0.3) is 0 Å². The van der Waals surface area contributed by atoms with Gasteiger partial charge in [-0.25, -0.2) is 0 Å². The number of aryl methyl sites for hydroxylation is 2. The van der Waals surface area contributed by atoms with Gasteiger partial charge in [-0.2, -0.15) is 0 Å². The van der Waals surface area contributed by atoms with E-state index in [9.17, 15) is 24.3 Å². The Labute approximate surface area is 197 Å². The summed E-state index contributed by atoms with van der Waals surface area (Å²) in [4.78, 5) is 53.4. The minimum atomic E-state index is -1.39. The predicted molar refractivity (Wildman–Crippen MR) is 124 cm³/mol. The molecule has 5 rings (SSSR count). The SMILES string of the molecule is Cc1cc(C)c2c(c1)[C@@]1(N[C@@H](CCC(=O)O)[C@H]3C(=O)N(CCc4ccccc4)C(=O)[C@@H]31)C(=O)N2. The van der Waals surface area contributed by atoms with Crippen molar-refractivity contribution in [1.82, 2.24) is 10.2 Å². The van der Waals surface area contributed by atoms with Crippen LogP contribution < -0.4 is 10.6 Å². The van der Waals surface area contributed by atoms with Crippen LogP contribution in [-0.4, -0.2) is 46.3 Å². The highest BCUT2D eigenvalue weighted by Crippen LogP contribution is 2.54. The van der Waals surface area contributed by atoms with E-state index in [0.717, 1.165) is 16.7 Å². The van der Waals surface area contributed by atoms with Gasteiger partial charge < -0.3 is 10.4 Å². The number of hydrogen-bond acceptors (Lipinski definition) is 5. The standard InChI is InChI=1S/C26H27N3O5/c1-14-12-15(2)22-17(13-14)26(25(34)27-22)21-20(18(28-26)8-9-19(30)31)23(32)29(24(21)33)11-10-16-6-4-3-5-7-16/h3-7,12-13,18,20-21,28H,8-11H2,1-2H3,(H,27,34)(H,30,31)/t18-,20+,21+,26-/m0/s1. The zero-order valence-corrected chi connectivity index (χ0v) is 19.1. The van der Waals surface area contributed by atoms with Crippen LogP contribution in [0.4, 0.5) is 5.69 Å². The highest BCUT2D eigenvalue weighted by molar-refractivity contribution is 6.15. The summed E-state index contributed by atoms with van der Waals surface area (Å²) in [6.07, 6.45) is 0.500. The fourth-order valence-electron chi connectivity index (χ4n) is 5.95. The van der Waals surface area contributed by atoms with E-state index in [1.165, 1.54) is 4.90 Å². The van der Waals surface area contributed by atoms with Crippen molar-refractivity contribution in [1.29, 1.82) is 0 Å². The number of nitrogens with zero attached hydrogens (tertiary/aromatic N) is 1. The van der Waals surface area contributed by atoms with Crippen molar-refractivity contribution >= 4 is 29.4 Å². The third kappa shape index (κ3) is 3.24. The molecule has 2 saturated heterocycles. The van der Waals surface area contributed by atoms with Crippen molar-refractivity contribution < 1.29 is 24.3 Å². The summed E-state index contributed by atoms with van der Waals surface area (Å²) in [5.74, 6) is -3.78. The molecule has 2 aromatic rings. The molecule has 3 aliphatic rings. The molecule has 1 spiro atoms. The Morgan fingerprint density at radius 1 is 1.09 bits per heavy atom. The zero-order chi connectivity index (χ0) is 24.2. The summed E-state index contributed by atoms with van der Waals surface area (Å²) in [5.41, 5.74) is 2.75. The predicted octanol–water partition coefficient (Wildman–Crippen LogP) is 2.13. The molecule has 8 nitrogen and oxygen atoms in total. The molecule has 0 aliphatic carbocycles. The summed E-state index contributed by atoms with van der Waals surface area (Å²) in [6, 6.07) is 12.8. The molecule has 3 heterocycles. The van der Waals surface area contributed by atoms with Crippen LogP contribution in [0.2, 0.25) is 0 Å². The number of likely N-dealkylation sites (tertiary alicyclic amines) is 1. The molecule has 3 aliphatic heterocycles. The minimum absolute atomic E-state index is 0.150. The summed E-state index contributed by atoms with van der Waals surface area (Å²) < 4.78 is 0. The monoisotopic (exact) mass is 461 g/mol. The first-order chi connectivity index (χ1) is 16.2. The normalized spacial score (nSPS) is 27.3. The van der Waals surface area contributed by atoms with E-state index >= 15 is 0 Å². The largest absolute Gasteiger partial charge is 0.481 e. The number of aliphatic carboxylic acids is 1. The maximum Gasteiger partial charge on any atom is 0.303 e. The number of fused-ring (bicyclic) bond motifs is 4. The lowest BCUT2D eigenvalue weighted by molar-refractivity contribution is -0.143. The molecule has 0 aromatic heterocycles. The van der Waals surface area contributed by atoms with Gasteiger partial charge in [0.1, 0.15) is 5.54 Å². The first-order valence-corrected chi connectivity index (χ1v) is 11.6. The van der Waals surface area contributed by atoms with Crippen molar-refractivity contribution in [3.63, 3.8) is 0 Å². The molecule has 2 aromatic carbocycles. The second-order valence-corrected chi connectivity index (χ2v) is 9.52. The summed E-state index contributed by atoms with van der Waals surface area (Å²) in [7, 11) is 0. The zero-order valence-electron chi connectivity index (χ0n) is 19.1. The smallest absolute Gasteiger partial charge is 0.303 e. The number of carboxylic acid groups (broad SMARTS) is 1. The number of nitrogens with one attached hydrogen (secondary N) is 2. The molecule has 3 amide bonds. The van der Waals surface area contributed by atoms with Gasteiger partial charge in [0, 0.05) is 30.3 Å². The Hall–Kier alpha value is -3.52. The summed E-state index contributed by atoms with van der Waals surface area (Å²) in [5, 5.41) is 15.5. The molecular formula is C26H27N3O5. The van der Waals surface area contributed by atoms with E-state index in [2.05, 4.69) is 10.6 Å². The lowest BCUT2D eigenvalue weighted by atomic mass is 9.75. The van der Waals surface area contributed by atoms with Gasteiger partial charge in [-0.15, -0.1) is 0 Å². The number of benzene rings is 2. The third-order valence-corrected chi connectivity index (χ3v) is 7.39. The molecule has 3 N–H and O–H groups in total. The lowest BCUT2D eigenvalue weighted by Gasteiger charge is -2.30. The van der Waals surface area contributed by atoms with Crippen LogP contribution in [0, 0.1) is 25.7 Å². The molecule has 176 valence electrons. The van der Waals surface area contributed by atoms with Gasteiger partial charge in [-0.3, -0.25) is 29.4 Å². The maximum absolute atomic E-state index is 13.8. The van der Waals surface area contributed by atoms with Crippen LogP contribution in [0.15, 0.2) is 42.5 Å². The average molecular weight is 462 g/mol. The number of carbonyl (C=O) groups is 4. The molecular weight excluding hydrogens is 434 g/mol. The van der Waals surface area contributed by atoms with Crippen molar-refractivity contribution in [3.8, 4) is 0 Å². The Balaban J connectivity index is 1.55. The number of anilines is 1. The maximum atomic E-state index is 13.8. The van der Waals surface area contributed by atoms with Crippen molar-refractivity contribution in [3.05, 3.63) is 64.7 Å². The number of imide groups is 1. The molecule has 0 bridgehead atoms. The fourth-order valence-corrected chi connectivity index (χ4v) is 5.95. The Kier molecular flexibility index (Phi) is 5.28. The average Bonchev–Trinajstić information content (AvgIpc) is 3.37. The number of carbonyl (C=O) groups excluding carboxylic acids is 3. The Bertz CT molecular complexity index is 1210. The van der Waals surface area contributed by atoms with Crippen molar-refractivity contribution in [2.45, 2.75) is 44.7 Å². The quantitative estimate of drug-likeness (QED) is 0.568. The third-order valence-electron chi connectivity index (χ3n) is 7.39. The number of carboxylic acids is 1. The second-order valence-electron chi connectivity index (χ2n) is 9.52. The fraction of sp³-hybridized carbons (Fsp3) is 0.385. The first kappa shape index (κ1) is 22.3. The van der Waals surface area contributed by atoms with E-state index in [0.29, 0.717) is 17.7 Å². The number of rotatable bonds is 6. The van der Waals surface area contributed by atoms with Crippen molar-refractivity contribution in [2.24, 2.45) is 11.8 Å². The van der Waals surface area contributed by atoms with Gasteiger partial charge in [0.2, 0.25) is 17.7 Å². The molecule has 4 atom stereocenters. The van der Waals surface area contributed by atoms with Gasteiger partial charge >= 0.3 is 5.97 Å². The van der Waals surface area contributed by atoms with Crippen LogP contribution >= 0.6 is 0 Å². The molecule has 34 heavy (non-hydrogen) atoms. The number of amides is 3. The molecule has 0 radical (unpaired) electrons. The van der Waals surface area contributed by atoms with Gasteiger partial charge in [-0.05, 0) is 37.8 Å². The molecule has 2 fully saturated rings. The molecule has 0 unspecified atom stereocenters. The van der Waals surface area contributed by atoms with Crippen molar-refractivity contribution in [2.75, 3.05) is 11.9 Å². The van der Waals surface area contributed by atoms with E-state index in [1.807, 2.05) is 56.3 Å². The lowest BCUT2D eigenvalue weighted by Crippen LogP contribution is -2.53. The number of hydrogen-bond donors (Lipinski definition) is 3. The van der Waals surface area contributed by atoms with Crippen LogP contribution in [0.1, 0.15) is 35.1 Å². The first-order valence-electron chi connectivity index (χ1n) is 11.6. The van der Waals surface area contributed by atoms with Crippen LogP contribution in [0.5, 0.6) is 0 Å². The second kappa shape index (κ2) is 8.06. The molecule has 8 heteroatoms. The van der Waals surface area contributed by atoms with Gasteiger partial charge in [-0.1, -0.05) is 48.0 Å². The van der Waals surface area contributed by atoms with E-state index in [-0.39, 0.29) is 37.1 Å². The van der Waals surface area contributed by atoms with Gasteiger partial charge in [0.05, 0.1) is 11.8 Å². The van der Waals surface area contributed by atoms with Crippen LogP contribution in [0.3, 0.4) is 0 Å². The van der Waals surface area contributed by atoms with Crippen LogP contribution in [-0.2, 0) is 31.1 Å². The highest BCUT2D eigenvalue weighted by atomic mass is 16.4. The van der Waals surface area contributed by atoms with E-state index in [4.69, 9.17) is 0 Å². The molecule has 0 saturated carbocycles. The van der Waals surface area contributed by atoms with Gasteiger partial charge in [0.25, 0.3) is 0 Å². The highest BCUT2D eigenvalue weighted by Gasteiger charge is 2.70. The Morgan fingerprint density at radius 3 is 2.53 bits per heavy atom. The summed E-state index contributed by atoms with van der Waals surface area (Å²) in [6.45, 7) is 4.04.